The lowest BCUT2D eigenvalue weighted by molar-refractivity contribution is 0.0499. The van der Waals surface area contributed by atoms with Gasteiger partial charge in [0, 0.05) is 12.6 Å². The summed E-state index contributed by atoms with van der Waals surface area (Å²) in [5.41, 5.74) is 0.681. The van der Waals surface area contributed by atoms with Crippen molar-refractivity contribution in [1.82, 2.24) is 5.32 Å². The fourth-order valence-corrected chi connectivity index (χ4v) is 2.18. The van der Waals surface area contributed by atoms with Gasteiger partial charge in [0.1, 0.15) is 5.60 Å². The summed E-state index contributed by atoms with van der Waals surface area (Å²) >= 11 is 0. The Kier molecular flexibility index (Phi) is 7.39. The smallest absolute Gasteiger partial charge is 0.407 e. The first-order chi connectivity index (χ1) is 10.3. The lowest BCUT2D eigenvalue weighted by Gasteiger charge is -2.24. The summed E-state index contributed by atoms with van der Waals surface area (Å²) in [5, 5.41) is 12.1. The Balaban J connectivity index is 2.63. The number of alkyl carbamates (subject to hydrolysis) is 1. The predicted molar refractivity (Wildman–Crippen MR) is 88.8 cm³/mol. The van der Waals surface area contributed by atoms with E-state index in [0.29, 0.717) is 0 Å². The SMILES string of the molecule is C[C@@H](CO)CC[C@H](Cc1ccccc1)NC(=O)OC(C)(C)C. The second-order valence-corrected chi connectivity index (χ2v) is 6.90. The maximum atomic E-state index is 12.0. The van der Waals surface area contributed by atoms with Crippen molar-refractivity contribution in [2.45, 2.75) is 58.6 Å². The summed E-state index contributed by atoms with van der Waals surface area (Å²) in [4.78, 5) is 12.0. The molecular formula is C18H29NO3. The monoisotopic (exact) mass is 307 g/mol. The predicted octanol–water partition coefficient (Wildman–Crippen LogP) is 3.53. The van der Waals surface area contributed by atoms with Crippen molar-refractivity contribution < 1.29 is 14.6 Å². The van der Waals surface area contributed by atoms with E-state index in [1.807, 2.05) is 45.9 Å². The highest BCUT2D eigenvalue weighted by atomic mass is 16.6. The number of hydrogen-bond donors (Lipinski definition) is 2. The minimum Gasteiger partial charge on any atom is -0.444 e. The number of rotatable bonds is 7. The summed E-state index contributed by atoms with van der Waals surface area (Å²) in [6.07, 6.45) is 2.06. The van der Waals surface area contributed by atoms with E-state index in [0.717, 1.165) is 19.3 Å². The van der Waals surface area contributed by atoms with Gasteiger partial charge < -0.3 is 15.2 Å². The Morgan fingerprint density at radius 2 is 1.86 bits per heavy atom. The van der Waals surface area contributed by atoms with E-state index in [1.165, 1.54) is 5.56 Å². The molecule has 0 saturated carbocycles. The van der Waals surface area contributed by atoms with Crippen molar-refractivity contribution in [1.29, 1.82) is 0 Å². The molecule has 0 saturated heterocycles. The van der Waals surface area contributed by atoms with Crippen LogP contribution in [-0.2, 0) is 11.2 Å². The number of hydrogen-bond acceptors (Lipinski definition) is 3. The molecule has 1 rings (SSSR count). The van der Waals surface area contributed by atoms with Crippen LogP contribution < -0.4 is 5.32 Å². The van der Waals surface area contributed by atoms with E-state index in [9.17, 15) is 4.79 Å². The molecule has 0 aliphatic carbocycles. The third kappa shape index (κ3) is 8.03. The van der Waals surface area contributed by atoms with E-state index >= 15 is 0 Å². The van der Waals surface area contributed by atoms with Gasteiger partial charge in [0.15, 0.2) is 0 Å². The summed E-state index contributed by atoms with van der Waals surface area (Å²) in [6, 6.07) is 10.1. The molecule has 4 heteroatoms. The summed E-state index contributed by atoms with van der Waals surface area (Å²) in [5.74, 6) is 0.235. The quantitative estimate of drug-likeness (QED) is 0.810. The van der Waals surface area contributed by atoms with Gasteiger partial charge in [-0.3, -0.25) is 0 Å². The molecule has 0 spiro atoms. The average molecular weight is 307 g/mol. The van der Waals surface area contributed by atoms with Gasteiger partial charge in [-0.2, -0.15) is 0 Å². The third-order valence-electron chi connectivity index (χ3n) is 3.37. The van der Waals surface area contributed by atoms with Gasteiger partial charge in [-0.15, -0.1) is 0 Å². The van der Waals surface area contributed by atoms with Crippen LogP contribution in [0.15, 0.2) is 30.3 Å². The summed E-state index contributed by atoms with van der Waals surface area (Å²) in [6.45, 7) is 7.74. The molecule has 0 bridgehead atoms. The Bertz CT molecular complexity index is 439. The van der Waals surface area contributed by atoms with Crippen molar-refractivity contribution in [3.05, 3.63) is 35.9 Å². The second kappa shape index (κ2) is 8.79. The average Bonchev–Trinajstić information content (AvgIpc) is 2.43. The number of benzene rings is 1. The molecule has 4 nitrogen and oxygen atoms in total. The lowest BCUT2D eigenvalue weighted by atomic mass is 9.97. The molecule has 1 amide bonds. The van der Waals surface area contributed by atoms with E-state index in [4.69, 9.17) is 9.84 Å². The zero-order valence-electron chi connectivity index (χ0n) is 14.1. The first kappa shape index (κ1) is 18.5. The highest BCUT2D eigenvalue weighted by Crippen LogP contribution is 2.13. The van der Waals surface area contributed by atoms with E-state index in [2.05, 4.69) is 17.4 Å². The van der Waals surface area contributed by atoms with Crippen LogP contribution in [0.1, 0.15) is 46.1 Å². The second-order valence-electron chi connectivity index (χ2n) is 6.90. The van der Waals surface area contributed by atoms with Crippen molar-refractivity contribution in [3.8, 4) is 0 Å². The summed E-state index contributed by atoms with van der Waals surface area (Å²) < 4.78 is 5.34. The van der Waals surface area contributed by atoms with Gasteiger partial charge in [0.2, 0.25) is 0 Å². The zero-order chi connectivity index (χ0) is 16.6. The van der Waals surface area contributed by atoms with Gasteiger partial charge in [0.05, 0.1) is 0 Å². The Hall–Kier alpha value is -1.55. The highest BCUT2D eigenvalue weighted by Gasteiger charge is 2.20. The molecule has 0 fully saturated rings. The van der Waals surface area contributed by atoms with Crippen molar-refractivity contribution >= 4 is 6.09 Å². The number of carbonyl (C=O) groups excluding carboxylic acids is 1. The lowest BCUT2D eigenvalue weighted by Crippen LogP contribution is -2.40. The fraction of sp³-hybridized carbons (Fsp3) is 0.611. The molecule has 124 valence electrons. The number of amides is 1. The molecule has 2 atom stereocenters. The number of ether oxygens (including phenoxy) is 1. The largest absolute Gasteiger partial charge is 0.444 e. The number of carbonyl (C=O) groups is 1. The minimum absolute atomic E-state index is 0.00579. The van der Waals surface area contributed by atoms with Gasteiger partial charge in [0.25, 0.3) is 0 Å². The zero-order valence-corrected chi connectivity index (χ0v) is 14.1. The minimum atomic E-state index is -0.500. The Morgan fingerprint density at radius 1 is 1.23 bits per heavy atom. The summed E-state index contributed by atoms with van der Waals surface area (Å²) in [7, 11) is 0. The first-order valence-electron chi connectivity index (χ1n) is 7.94. The van der Waals surface area contributed by atoms with Crippen molar-refractivity contribution in [2.75, 3.05) is 6.61 Å². The topological polar surface area (TPSA) is 58.6 Å². The van der Waals surface area contributed by atoms with Crippen LogP contribution in [0.25, 0.3) is 0 Å². The number of nitrogens with one attached hydrogen (secondary N) is 1. The van der Waals surface area contributed by atoms with Crippen LogP contribution in [0, 0.1) is 5.92 Å². The van der Waals surface area contributed by atoms with Gasteiger partial charge in [-0.1, -0.05) is 37.3 Å². The van der Waals surface area contributed by atoms with Crippen LogP contribution in [0.5, 0.6) is 0 Å². The van der Waals surface area contributed by atoms with Crippen LogP contribution >= 0.6 is 0 Å². The van der Waals surface area contributed by atoms with E-state index in [1.54, 1.807) is 0 Å². The molecule has 0 aliphatic heterocycles. The fourth-order valence-electron chi connectivity index (χ4n) is 2.18. The van der Waals surface area contributed by atoms with Crippen LogP contribution in [0.3, 0.4) is 0 Å². The number of aliphatic hydroxyl groups excluding tert-OH is 1. The Morgan fingerprint density at radius 3 is 2.41 bits per heavy atom. The van der Waals surface area contributed by atoms with Gasteiger partial charge >= 0.3 is 6.09 Å². The molecule has 0 heterocycles. The van der Waals surface area contributed by atoms with Gasteiger partial charge in [-0.05, 0) is 51.5 Å². The maximum absolute atomic E-state index is 12.0. The van der Waals surface area contributed by atoms with Crippen LogP contribution in [0.4, 0.5) is 4.79 Å². The molecule has 22 heavy (non-hydrogen) atoms. The van der Waals surface area contributed by atoms with E-state index < -0.39 is 5.60 Å². The molecule has 2 N–H and O–H groups in total. The molecule has 0 radical (unpaired) electrons. The molecule has 0 unspecified atom stereocenters. The maximum Gasteiger partial charge on any atom is 0.407 e. The standard InChI is InChI=1S/C18H29NO3/c1-14(13-20)10-11-16(12-15-8-6-5-7-9-15)19-17(21)22-18(2,3)4/h5-9,14,16,20H,10-13H2,1-4H3,(H,19,21)/t14-,16-/m1/s1. The molecule has 1 aromatic rings. The first-order valence-corrected chi connectivity index (χ1v) is 7.94. The highest BCUT2D eigenvalue weighted by molar-refractivity contribution is 5.68. The molecular weight excluding hydrogens is 278 g/mol. The molecule has 0 aromatic heterocycles. The van der Waals surface area contributed by atoms with Crippen molar-refractivity contribution in [2.24, 2.45) is 5.92 Å². The van der Waals surface area contributed by atoms with Crippen LogP contribution in [-0.4, -0.2) is 29.4 Å². The van der Waals surface area contributed by atoms with Gasteiger partial charge in [-0.25, -0.2) is 4.79 Å². The third-order valence-corrected chi connectivity index (χ3v) is 3.37. The Labute approximate surface area is 133 Å². The molecule has 1 aromatic carbocycles. The molecule has 0 aliphatic rings. The normalized spacial score (nSPS) is 14.2. The van der Waals surface area contributed by atoms with Crippen LogP contribution in [0.2, 0.25) is 0 Å². The van der Waals surface area contributed by atoms with Crippen molar-refractivity contribution in [3.63, 3.8) is 0 Å². The van der Waals surface area contributed by atoms with E-state index in [-0.39, 0.29) is 24.7 Å². The number of aliphatic hydroxyl groups is 1.